The molecule has 0 amide bonds. The van der Waals surface area contributed by atoms with Gasteiger partial charge in [-0.3, -0.25) is 0 Å². The van der Waals surface area contributed by atoms with E-state index in [-0.39, 0.29) is 0 Å². The maximum atomic E-state index is 4.78. The van der Waals surface area contributed by atoms with Gasteiger partial charge in [-0.1, -0.05) is 18.2 Å². The third kappa shape index (κ3) is 1.96. The summed E-state index contributed by atoms with van der Waals surface area (Å²) in [5.41, 5.74) is 2.10. The van der Waals surface area contributed by atoms with Gasteiger partial charge in [0.15, 0.2) is 5.82 Å². The van der Waals surface area contributed by atoms with Crippen molar-refractivity contribution in [2.24, 2.45) is 0 Å². The molecular weight excluding hydrogens is 262 g/mol. The maximum absolute atomic E-state index is 4.78. The Balaban J connectivity index is 1.96. The fraction of sp³-hybridized carbons (Fsp3) is 0.312. The molecule has 0 saturated heterocycles. The van der Waals surface area contributed by atoms with Gasteiger partial charge in [-0.25, -0.2) is 14.6 Å². The predicted octanol–water partition coefficient (Wildman–Crippen LogP) is 3.04. The maximum Gasteiger partial charge on any atom is 0.162 e. The largest absolute Gasteiger partial charge is 0.373 e. The van der Waals surface area contributed by atoms with E-state index in [0.717, 1.165) is 33.9 Å². The van der Waals surface area contributed by atoms with E-state index in [2.05, 4.69) is 27.5 Å². The minimum atomic E-state index is 0.512. The van der Waals surface area contributed by atoms with E-state index in [0.29, 0.717) is 5.92 Å². The van der Waals surface area contributed by atoms with Crippen molar-refractivity contribution in [3.05, 3.63) is 41.9 Å². The van der Waals surface area contributed by atoms with Crippen molar-refractivity contribution in [1.29, 1.82) is 0 Å². The second-order valence-corrected chi connectivity index (χ2v) is 5.52. The predicted molar refractivity (Wildman–Crippen MR) is 82.9 cm³/mol. The first-order chi connectivity index (χ1) is 10.3. The number of fused-ring (bicyclic) bond motifs is 1. The molecule has 2 aromatic heterocycles. The number of nitrogens with one attached hydrogen (secondary N) is 1. The summed E-state index contributed by atoms with van der Waals surface area (Å²) in [6.45, 7) is 2.04. The Labute approximate surface area is 123 Å². The van der Waals surface area contributed by atoms with Crippen molar-refractivity contribution in [2.75, 3.05) is 12.4 Å². The third-order valence-corrected chi connectivity index (χ3v) is 3.99. The highest BCUT2D eigenvalue weighted by Gasteiger charge is 2.28. The molecule has 1 saturated carbocycles. The highest BCUT2D eigenvalue weighted by Crippen LogP contribution is 2.39. The van der Waals surface area contributed by atoms with Crippen molar-refractivity contribution in [2.45, 2.75) is 25.7 Å². The molecule has 4 rings (SSSR count). The second kappa shape index (κ2) is 4.55. The summed E-state index contributed by atoms with van der Waals surface area (Å²) in [5.74, 6) is 3.21. The summed E-state index contributed by atoms with van der Waals surface area (Å²) in [5, 5.41) is 8.82. The monoisotopic (exact) mass is 279 g/mol. The van der Waals surface area contributed by atoms with Crippen LogP contribution >= 0.6 is 0 Å². The minimum absolute atomic E-state index is 0.512. The lowest BCUT2D eigenvalue weighted by Gasteiger charge is -2.12. The standard InChI is InChI=1S/C16H17N5/c1-10-14(17-2)19-15(11-7-8-11)20-16(10)21-13-6-4-3-5-12(13)9-18-21/h3-6,9,11H,7-8H2,1-2H3,(H,17,19,20). The molecule has 0 aliphatic heterocycles. The second-order valence-electron chi connectivity index (χ2n) is 5.52. The molecule has 5 heteroatoms. The molecule has 0 bridgehead atoms. The SMILES string of the molecule is CNc1nc(C2CC2)nc(-n2ncc3ccccc32)c1C. The van der Waals surface area contributed by atoms with Gasteiger partial charge in [-0.2, -0.15) is 5.10 Å². The summed E-state index contributed by atoms with van der Waals surface area (Å²) < 4.78 is 1.92. The van der Waals surface area contributed by atoms with E-state index >= 15 is 0 Å². The van der Waals surface area contributed by atoms with Crippen LogP contribution in [0.25, 0.3) is 16.7 Å². The molecule has 0 radical (unpaired) electrons. The molecule has 106 valence electrons. The van der Waals surface area contributed by atoms with Crippen molar-refractivity contribution in [1.82, 2.24) is 19.7 Å². The number of anilines is 1. The Bertz CT molecular complexity index is 817. The van der Waals surface area contributed by atoms with Crippen LogP contribution in [0, 0.1) is 6.92 Å². The number of hydrogen-bond acceptors (Lipinski definition) is 4. The minimum Gasteiger partial charge on any atom is -0.373 e. The fourth-order valence-corrected chi connectivity index (χ4v) is 2.64. The summed E-state index contributed by atoms with van der Waals surface area (Å²) in [6, 6.07) is 8.18. The molecule has 0 atom stereocenters. The fourth-order valence-electron chi connectivity index (χ4n) is 2.64. The van der Waals surface area contributed by atoms with Gasteiger partial charge in [-0.05, 0) is 25.8 Å². The average Bonchev–Trinajstić information content (AvgIpc) is 3.27. The topological polar surface area (TPSA) is 55.6 Å². The van der Waals surface area contributed by atoms with Gasteiger partial charge in [-0.15, -0.1) is 0 Å². The van der Waals surface area contributed by atoms with Crippen molar-refractivity contribution < 1.29 is 0 Å². The lowest BCUT2D eigenvalue weighted by molar-refractivity contribution is 0.819. The first-order valence-corrected chi connectivity index (χ1v) is 7.27. The summed E-state index contributed by atoms with van der Waals surface area (Å²) >= 11 is 0. The Morgan fingerprint density at radius 1 is 1.19 bits per heavy atom. The van der Waals surface area contributed by atoms with Gasteiger partial charge >= 0.3 is 0 Å². The van der Waals surface area contributed by atoms with Crippen LogP contribution in [0.1, 0.15) is 30.1 Å². The van der Waals surface area contributed by atoms with Crippen LogP contribution < -0.4 is 5.32 Å². The smallest absolute Gasteiger partial charge is 0.162 e. The number of rotatable bonds is 3. The van der Waals surface area contributed by atoms with E-state index in [4.69, 9.17) is 4.98 Å². The van der Waals surface area contributed by atoms with E-state index < -0.39 is 0 Å². The molecule has 5 nitrogen and oxygen atoms in total. The Morgan fingerprint density at radius 3 is 2.76 bits per heavy atom. The number of aromatic nitrogens is 4. The molecule has 2 heterocycles. The number of benzene rings is 1. The molecular formula is C16H17N5. The van der Waals surface area contributed by atoms with Crippen LogP contribution in [-0.4, -0.2) is 26.8 Å². The van der Waals surface area contributed by atoms with E-state index in [1.54, 1.807) is 0 Å². The molecule has 0 unspecified atom stereocenters. The Kier molecular flexibility index (Phi) is 2.67. The zero-order valence-electron chi connectivity index (χ0n) is 12.2. The zero-order chi connectivity index (χ0) is 14.4. The summed E-state index contributed by atoms with van der Waals surface area (Å²) in [4.78, 5) is 9.42. The molecule has 3 aromatic rings. The van der Waals surface area contributed by atoms with E-state index in [1.165, 1.54) is 12.8 Å². The van der Waals surface area contributed by atoms with Crippen LogP contribution in [0.3, 0.4) is 0 Å². The van der Waals surface area contributed by atoms with Gasteiger partial charge in [0.05, 0.1) is 11.7 Å². The van der Waals surface area contributed by atoms with E-state index in [9.17, 15) is 0 Å². The first kappa shape index (κ1) is 12.3. The lowest BCUT2D eigenvalue weighted by Crippen LogP contribution is -2.10. The van der Waals surface area contributed by atoms with E-state index in [1.807, 2.05) is 37.0 Å². The number of para-hydroxylation sites is 1. The van der Waals surface area contributed by atoms with Gasteiger partial charge in [0.2, 0.25) is 0 Å². The highest BCUT2D eigenvalue weighted by molar-refractivity contribution is 5.80. The van der Waals surface area contributed by atoms with Crippen LogP contribution in [0.5, 0.6) is 0 Å². The quantitative estimate of drug-likeness (QED) is 0.800. The van der Waals surface area contributed by atoms with Crippen molar-refractivity contribution in [3.63, 3.8) is 0 Å². The molecule has 1 fully saturated rings. The van der Waals surface area contributed by atoms with Gasteiger partial charge < -0.3 is 5.32 Å². The molecule has 1 aromatic carbocycles. The van der Waals surface area contributed by atoms with Gasteiger partial charge in [0.1, 0.15) is 11.6 Å². The van der Waals surface area contributed by atoms with Crippen LogP contribution in [-0.2, 0) is 0 Å². The van der Waals surface area contributed by atoms with Crippen LogP contribution in [0.4, 0.5) is 5.82 Å². The van der Waals surface area contributed by atoms with Gasteiger partial charge in [0.25, 0.3) is 0 Å². The molecule has 0 spiro atoms. The molecule has 1 aliphatic carbocycles. The van der Waals surface area contributed by atoms with Crippen molar-refractivity contribution in [3.8, 4) is 5.82 Å². The summed E-state index contributed by atoms with van der Waals surface area (Å²) in [7, 11) is 1.90. The summed E-state index contributed by atoms with van der Waals surface area (Å²) in [6.07, 6.45) is 4.25. The van der Waals surface area contributed by atoms with Crippen LogP contribution in [0.2, 0.25) is 0 Å². The molecule has 1 N–H and O–H groups in total. The third-order valence-electron chi connectivity index (χ3n) is 3.99. The normalized spacial score (nSPS) is 14.6. The number of hydrogen-bond donors (Lipinski definition) is 1. The lowest BCUT2D eigenvalue weighted by atomic mass is 10.2. The average molecular weight is 279 g/mol. The molecule has 1 aliphatic rings. The Hall–Kier alpha value is -2.43. The van der Waals surface area contributed by atoms with Gasteiger partial charge in [0, 0.05) is 23.9 Å². The van der Waals surface area contributed by atoms with Crippen LogP contribution in [0.15, 0.2) is 30.5 Å². The highest BCUT2D eigenvalue weighted by atomic mass is 15.3. The molecule has 21 heavy (non-hydrogen) atoms. The zero-order valence-corrected chi connectivity index (χ0v) is 12.2. The number of nitrogens with zero attached hydrogens (tertiary/aromatic N) is 4. The van der Waals surface area contributed by atoms with Crippen molar-refractivity contribution >= 4 is 16.7 Å². The Morgan fingerprint density at radius 2 is 2.00 bits per heavy atom. The first-order valence-electron chi connectivity index (χ1n) is 7.27.